The van der Waals surface area contributed by atoms with Crippen LogP contribution in [-0.4, -0.2) is 17.0 Å². The Labute approximate surface area is 95.6 Å². The van der Waals surface area contributed by atoms with Crippen LogP contribution in [0.3, 0.4) is 0 Å². The van der Waals surface area contributed by atoms with Crippen LogP contribution in [0.2, 0.25) is 0 Å². The molecule has 0 bridgehead atoms. The standard InChI is InChI=1S/C13H15N3/c1-10-3-5-11(6-4-10)12-7-15-13(9-14-2)16-8-12/h3-8,14H,9H2,1-2H3. The van der Waals surface area contributed by atoms with Crippen molar-refractivity contribution in [3.63, 3.8) is 0 Å². The molecule has 0 spiro atoms. The molecule has 0 fully saturated rings. The summed E-state index contributed by atoms with van der Waals surface area (Å²) in [6, 6.07) is 8.37. The summed E-state index contributed by atoms with van der Waals surface area (Å²) < 4.78 is 0. The Morgan fingerprint density at radius 3 is 2.19 bits per heavy atom. The van der Waals surface area contributed by atoms with Crippen LogP contribution in [0.15, 0.2) is 36.7 Å². The van der Waals surface area contributed by atoms with Gasteiger partial charge in [-0.3, -0.25) is 0 Å². The molecule has 2 rings (SSSR count). The third kappa shape index (κ3) is 2.44. The van der Waals surface area contributed by atoms with Gasteiger partial charge in [0.1, 0.15) is 5.82 Å². The quantitative estimate of drug-likeness (QED) is 0.849. The molecule has 0 aliphatic heterocycles. The number of hydrogen-bond donors (Lipinski definition) is 1. The van der Waals surface area contributed by atoms with Gasteiger partial charge in [-0.15, -0.1) is 0 Å². The van der Waals surface area contributed by atoms with E-state index in [9.17, 15) is 0 Å². The molecular formula is C13H15N3. The molecule has 0 atom stereocenters. The Morgan fingerprint density at radius 1 is 1.00 bits per heavy atom. The highest BCUT2D eigenvalue weighted by Crippen LogP contribution is 2.17. The monoisotopic (exact) mass is 213 g/mol. The molecule has 3 heteroatoms. The van der Waals surface area contributed by atoms with E-state index in [0.717, 1.165) is 17.0 Å². The minimum Gasteiger partial charge on any atom is -0.313 e. The third-order valence-corrected chi connectivity index (χ3v) is 2.43. The maximum absolute atomic E-state index is 4.29. The average Bonchev–Trinajstić information content (AvgIpc) is 2.32. The van der Waals surface area contributed by atoms with Crippen molar-refractivity contribution in [2.75, 3.05) is 7.05 Å². The fourth-order valence-electron chi connectivity index (χ4n) is 1.50. The van der Waals surface area contributed by atoms with E-state index in [-0.39, 0.29) is 0 Å². The number of nitrogens with one attached hydrogen (secondary N) is 1. The fraction of sp³-hybridized carbons (Fsp3) is 0.231. The van der Waals surface area contributed by atoms with Crippen LogP contribution >= 0.6 is 0 Å². The first-order chi connectivity index (χ1) is 7.79. The highest BCUT2D eigenvalue weighted by molar-refractivity contribution is 5.61. The normalized spacial score (nSPS) is 10.4. The second-order valence-corrected chi connectivity index (χ2v) is 3.78. The predicted octanol–water partition coefficient (Wildman–Crippen LogP) is 2.17. The summed E-state index contributed by atoms with van der Waals surface area (Å²) in [7, 11) is 1.89. The molecule has 0 saturated carbocycles. The fourth-order valence-corrected chi connectivity index (χ4v) is 1.50. The number of aromatic nitrogens is 2. The first kappa shape index (κ1) is 10.8. The number of benzene rings is 1. The van der Waals surface area contributed by atoms with Crippen LogP contribution < -0.4 is 5.32 Å². The Kier molecular flexibility index (Phi) is 3.27. The second kappa shape index (κ2) is 4.86. The lowest BCUT2D eigenvalue weighted by molar-refractivity contribution is 0.758. The molecule has 2 aromatic rings. The molecule has 1 N–H and O–H groups in total. The molecule has 0 aliphatic rings. The van der Waals surface area contributed by atoms with Gasteiger partial charge in [0.2, 0.25) is 0 Å². The summed E-state index contributed by atoms with van der Waals surface area (Å²) in [5.41, 5.74) is 3.47. The van der Waals surface area contributed by atoms with E-state index in [1.54, 1.807) is 0 Å². The zero-order chi connectivity index (χ0) is 11.4. The van der Waals surface area contributed by atoms with Gasteiger partial charge in [0, 0.05) is 18.0 Å². The van der Waals surface area contributed by atoms with E-state index in [1.807, 2.05) is 19.4 Å². The van der Waals surface area contributed by atoms with E-state index in [2.05, 4.69) is 46.5 Å². The molecule has 0 amide bonds. The van der Waals surface area contributed by atoms with Crippen LogP contribution in [0.4, 0.5) is 0 Å². The summed E-state index contributed by atoms with van der Waals surface area (Å²) in [5, 5.41) is 3.03. The summed E-state index contributed by atoms with van der Waals surface area (Å²) in [5.74, 6) is 0.818. The number of hydrogen-bond acceptors (Lipinski definition) is 3. The minimum absolute atomic E-state index is 0.703. The lowest BCUT2D eigenvalue weighted by atomic mass is 10.1. The molecule has 3 nitrogen and oxygen atoms in total. The second-order valence-electron chi connectivity index (χ2n) is 3.78. The molecule has 0 saturated heterocycles. The van der Waals surface area contributed by atoms with Gasteiger partial charge in [0.05, 0.1) is 6.54 Å². The molecular weight excluding hydrogens is 198 g/mol. The highest BCUT2D eigenvalue weighted by Gasteiger charge is 1.99. The largest absolute Gasteiger partial charge is 0.313 e. The first-order valence-electron chi connectivity index (χ1n) is 5.32. The van der Waals surface area contributed by atoms with E-state index in [0.29, 0.717) is 6.54 Å². The maximum atomic E-state index is 4.29. The summed E-state index contributed by atoms with van der Waals surface area (Å²) >= 11 is 0. The van der Waals surface area contributed by atoms with Crippen molar-refractivity contribution in [2.45, 2.75) is 13.5 Å². The molecule has 1 aromatic heterocycles. The molecule has 16 heavy (non-hydrogen) atoms. The predicted molar refractivity (Wildman–Crippen MR) is 65.0 cm³/mol. The van der Waals surface area contributed by atoms with Crippen LogP contribution in [0.5, 0.6) is 0 Å². The topological polar surface area (TPSA) is 37.8 Å². The van der Waals surface area contributed by atoms with Crippen molar-refractivity contribution in [3.8, 4) is 11.1 Å². The van der Waals surface area contributed by atoms with Gasteiger partial charge < -0.3 is 5.32 Å². The Morgan fingerprint density at radius 2 is 1.62 bits per heavy atom. The van der Waals surface area contributed by atoms with Crippen molar-refractivity contribution < 1.29 is 0 Å². The Balaban J connectivity index is 2.24. The van der Waals surface area contributed by atoms with Gasteiger partial charge in [0.25, 0.3) is 0 Å². The minimum atomic E-state index is 0.703. The first-order valence-corrected chi connectivity index (χ1v) is 5.32. The zero-order valence-corrected chi connectivity index (χ0v) is 9.57. The Bertz CT molecular complexity index is 446. The zero-order valence-electron chi connectivity index (χ0n) is 9.57. The molecule has 1 heterocycles. The number of rotatable bonds is 3. The average molecular weight is 213 g/mol. The SMILES string of the molecule is CNCc1ncc(-c2ccc(C)cc2)cn1. The van der Waals surface area contributed by atoms with E-state index >= 15 is 0 Å². The van der Waals surface area contributed by atoms with Crippen LogP contribution in [0.25, 0.3) is 11.1 Å². The molecule has 82 valence electrons. The number of nitrogens with zero attached hydrogens (tertiary/aromatic N) is 2. The lowest BCUT2D eigenvalue weighted by Gasteiger charge is -2.03. The van der Waals surface area contributed by atoms with Gasteiger partial charge in [0.15, 0.2) is 0 Å². The smallest absolute Gasteiger partial charge is 0.141 e. The van der Waals surface area contributed by atoms with Crippen molar-refractivity contribution in [1.29, 1.82) is 0 Å². The van der Waals surface area contributed by atoms with Gasteiger partial charge in [-0.25, -0.2) is 9.97 Å². The van der Waals surface area contributed by atoms with Crippen molar-refractivity contribution in [2.24, 2.45) is 0 Å². The summed E-state index contributed by atoms with van der Waals surface area (Å²) in [6.45, 7) is 2.78. The van der Waals surface area contributed by atoms with Gasteiger partial charge in [-0.1, -0.05) is 29.8 Å². The van der Waals surface area contributed by atoms with E-state index in [4.69, 9.17) is 0 Å². The van der Waals surface area contributed by atoms with Crippen molar-refractivity contribution >= 4 is 0 Å². The van der Waals surface area contributed by atoms with Crippen LogP contribution in [0.1, 0.15) is 11.4 Å². The number of aryl methyl sites for hydroxylation is 1. The summed E-state index contributed by atoms with van der Waals surface area (Å²) in [6.07, 6.45) is 3.73. The van der Waals surface area contributed by atoms with Crippen molar-refractivity contribution in [1.82, 2.24) is 15.3 Å². The summed E-state index contributed by atoms with van der Waals surface area (Å²) in [4.78, 5) is 8.59. The molecule has 1 aromatic carbocycles. The maximum Gasteiger partial charge on any atom is 0.141 e. The van der Waals surface area contributed by atoms with Crippen LogP contribution in [0, 0.1) is 6.92 Å². The highest BCUT2D eigenvalue weighted by atomic mass is 14.9. The van der Waals surface area contributed by atoms with Crippen LogP contribution in [-0.2, 0) is 6.54 Å². The molecule has 0 radical (unpaired) electrons. The van der Waals surface area contributed by atoms with Gasteiger partial charge >= 0.3 is 0 Å². The van der Waals surface area contributed by atoms with Gasteiger partial charge in [-0.2, -0.15) is 0 Å². The van der Waals surface area contributed by atoms with E-state index in [1.165, 1.54) is 5.56 Å². The van der Waals surface area contributed by atoms with Crippen molar-refractivity contribution in [3.05, 3.63) is 48.0 Å². The molecule has 0 unspecified atom stereocenters. The lowest BCUT2D eigenvalue weighted by Crippen LogP contribution is -2.08. The molecule has 0 aliphatic carbocycles. The third-order valence-electron chi connectivity index (χ3n) is 2.43. The van der Waals surface area contributed by atoms with E-state index < -0.39 is 0 Å². The van der Waals surface area contributed by atoms with Gasteiger partial charge in [-0.05, 0) is 19.5 Å². The Hall–Kier alpha value is -1.74.